The molecule has 0 amide bonds. The van der Waals surface area contributed by atoms with Crippen molar-refractivity contribution in [2.75, 3.05) is 14.2 Å². The fraction of sp³-hybridized carbons (Fsp3) is 0.111. The Balaban J connectivity index is 1.96. The van der Waals surface area contributed by atoms with Crippen molar-refractivity contribution in [1.82, 2.24) is 0 Å². The molecular weight excluding hydrogens is 313 g/mol. The number of rotatable bonds is 4. The SMILES string of the molecule is COc1ccc(/C=C2\N=C(c3ccccc3OC)OC2=O)cc1F. The summed E-state index contributed by atoms with van der Waals surface area (Å²) >= 11 is 0. The average molecular weight is 327 g/mol. The van der Waals surface area contributed by atoms with E-state index in [1.54, 1.807) is 30.3 Å². The predicted octanol–water partition coefficient (Wildman–Crippen LogP) is 3.19. The summed E-state index contributed by atoms with van der Waals surface area (Å²) in [6.45, 7) is 0. The third kappa shape index (κ3) is 2.99. The maximum absolute atomic E-state index is 13.7. The van der Waals surface area contributed by atoms with Crippen molar-refractivity contribution in [3.05, 3.63) is 65.1 Å². The molecule has 0 aliphatic carbocycles. The van der Waals surface area contributed by atoms with Gasteiger partial charge < -0.3 is 14.2 Å². The number of aliphatic imine (C=N–C) groups is 1. The quantitative estimate of drug-likeness (QED) is 0.639. The number of carbonyl (C=O) groups excluding carboxylic acids is 1. The molecule has 3 rings (SSSR count). The number of halogens is 1. The first-order valence-corrected chi connectivity index (χ1v) is 7.12. The summed E-state index contributed by atoms with van der Waals surface area (Å²) in [4.78, 5) is 16.2. The van der Waals surface area contributed by atoms with Gasteiger partial charge >= 0.3 is 5.97 Å². The highest BCUT2D eigenvalue weighted by atomic mass is 19.1. The number of nitrogens with zero attached hydrogens (tertiary/aromatic N) is 1. The largest absolute Gasteiger partial charge is 0.496 e. The fourth-order valence-electron chi connectivity index (χ4n) is 2.28. The summed E-state index contributed by atoms with van der Waals surface area (Å²) in [5.41, 5.74) is 1.13. The van der Waals surface area contributed by atoms with Crippen LogP contribution in [0, 0.1) is 5.82 Å². The topological polar surface area (TPSA) is 57.1 Å². The number of hydrogen-bond donors (Lipinski definition) is 0. The highest BCUT2D eigenvalue weighted by Crippen LogP contribution is 2.26. The fourth-order valence-corrected chi connectivity index (χ4v) is 2.28. The van der Waals surface area contributed by atoms with E-state index in [1.807, 2.05) is 0 Å². The standard InChI is InChI=1S/C18H14FNO4/c1-22-15-6-4-3-5-12(15)17-20-14(18(21)24-17)10-11-7-8-16(23-2)13(19)9-11/h3-10H,1-2H3/b14-10-. The van der Waals surface area contributed by atoms with Crippen molar-refractivity contribution in [3.8, 4) is 11.5 Å². The lowest BCUT2D eigenvalue weighted by atomic mass is 10.2. The van der Waals surface area contributed by atoms with E-state index in [9.17, 15) is 9.18 Å². The van der Waals surface area contributed by atoms with Crippen LogP contribution >= 0.6 is 0 Å². The van der Waals surface area contributed by atoms with E-state index in [1.165, 1.54) is 32.4 Å². The Morgan fingerprint density at radius 1 is 1.08 bits per heavy atom. The second-order valence-electron chi connectivity index (χ2n) is 4.93. The van der Waals surface area contributed by atoms with Crippen LogP contribution in [0.5, 0.6) is 11.5 Å². The monoisotopic (exact) mass is 327 g/mol. The molecule has 0 N–H and O–H groups in total. The Hall–Kier alpha value is -3.15. The molecule has 0 unspecified atom stereocenters. The Kier molecular flexibility index (Phi) is 4.29. The van der Waals surface area contributed by atoms with Crippen LogP contribution in [-0.4, -0.2) is 26.1 Å². The third-order valence-electron chi connectivity index (χ3n) is 3.44. The van der Waals surface area contributed by atoms with Crippen LogP contribution in [0.2, 0.25) is 0 Å². The number of methoxy groups -OCH3 is 2. The number of hydrogen-bond acceptors (Lipinski definition) is 5. The Labute approximate surface area is 138 Å². The van der Waals surface area contributed by atoms with Gasteiger partial charge in [-0.25, -0.2) is 14.2 Å². The summed E-state index contributed by atoms with van der Waals surface area (Å²) in [7, 11) is 2.90. The molecule has 24 heavy (non-hydrogen) atoms. The lowest BCUT2D eigenvalue weighted by molar-refractivity contribution is -0.129. The van der Waals surface area contributed by atoms with Crippen LogP contribution in [0.1, 0.15) is 11.1 Å². The van der Waals surface area contributed by atoms with E-state index >= 15 is 0 Å². The lowest BCUT2D eigenvalue weighted by Crippen LogP contribution is -2.06. The van der Waals surface area contributed by atoms with Crippen molar-refractivity contribution in [1.29, 1.82) is 0 Å². The summed E-state index contributed by atoms with van der Waals surface area (Å²) < 4.78 is 29.0. The minimum atomic E-state index is -0.605. The van der Waals surface area contributed by atoms with Gasteiger partial charge in [-0.05, 0) is 35.9 Å². The molecule has 0 aromatic heterocycles. The molecule has 0 atom stereocenters. The molecule has 0 bridgehead atoms. The second-order valence-corrected chi connectivity index (χ2v) is 4.93. The van der Waals surface area contributed by atoms with Crippen LogP contribution in [-0.2, 0) is 9.53 Å². The molecule has 0 fully saturated rings. The van der Waals surface area contributed by atoms with Gasteiger partial charge in [0, 0.05) is 0 Å². The van der Waals surface area contributed by atoms with E-state index in [4.69, 9.17) is 14.2 Å². The van der Waals surface area contributed by atoms with Crippen LogP contribution in [0.15, 0.2) is 53.2 Å². The van der Waals surface area contributed by atoms with Crippen molar-refractivity contribution >= 4 is 17.9 Å². The van der Waals surface area contributed by atoms with Crippen molar-refractivity contribution in [2.24, 2.45) is 4.99 Å². The number of carbonyl (C=O) groups is 1. The smallest absolute Gasteiger partial charge is 0.363 e. The normalized spacial score (nSPS) is 15.2. The van der Waals surface area contributed by atoms with E-state index in [0.717, 1.165) is 0 Å². The molecule has 0 saturated heterocycles. The number of benzene rings is 2. The predicted molar refractivity (Wildman–Crippen MR) is 86.6 cm³/mol. The molecule has 0 radical (unpaired) electrons. The van der Waals surface area contributed by atoms with Crippen molar-refractivity contribution in [3.63, 3.8) is 0 Å². The zero-order valence-corrected chi connectivity index (χ0v) is 13.1. The van der Waals surface area contributed by atoms with Gasteiger partial charge in [-0.3, -0.25) is 0 Å². The molecule has 1 aliphatic rings. The highest BCUT2D eigenvalue weighted by Gasteiger charge is 2.26. The highest BCUT2D eigenvalue weighted by molar-refractivity contribution is 6.13. The maximum atomic E-state index is 13.7. The first-order chi connectivity index (χ1) is 11.6. The van der Waals surface area contributed by atoms with Gasteiger partial charge in [0.25, 0.3) is 0 Å². The molecule has 6 heteroatoms. The molecule has 0 saturated carbocycles. The molecule has 2 aromatic carbocycles. The lowest BCUT2D eigenvalue weighted by Gasteiger charge is -2.05. The molecule has 0 spiro atoms. The number of para-hydroxylation sites is 1. The van der Waals surface area contributed by atoms with Gasteiger partial charge in [0.2, 0.25) is 5.90 Å². The van der Waals surface area contributed by atoms with Crippen LogP contribution in [0.4, 0.5) is 4.39 Å². The third-order valence-corrected chi connectivity index (χ3v) is 3.44. The summed E-state index contributed by atoms with van der Waals surface area (Å²) in [5.74, 6) is -0.304. The average Bonchev–Trinajstić information content (AvgIpc) is 2.95. The minimum Gasteiger partial charge on any atom is -0.496 e. The van der Waals surface area contributed by atoms with Gasteiger partial charge in [0.1, 0.15) is 5.75 Å². The second kappa shape index (κ2) is 6.54. The molecule has 1 aliphatic heterocycles. The van der Waals surface area contributed by atoms with E-state index in [2.05, 4.69) is 4.99 Å². The van der Waals surface area contributed by atoms with Crippen molar-refractivity contribution in [2.45, 2.75) is 0 Å². The summed E-state index contributed by atoms with van der Waals surface area (Å²) in [6.07, 6.45) is 1.45. The van der Waals surface area contributed by atoms with Gasteiger partial charge in [0.05, 0.1) is 19.8 Å². The van der Waals surface area contributed by atoms with E-state index in [0.29, 0.717) is 16.9 Å². The first-order valence-electron chi connectivity index (χ1n) is 7.12. The van der Waals surface area contributed by atoms with Gasteiger partial charge in [-0.1, -0.05) is 18.2 Å². The van der Waals surface area contributed by atoms with E-state index < -0.39 is 11.8 Å². The number of esters is 1. The van der Waals surface area contributed by atoms with Gasteiger partial charge in [0.15, 0.2) is 17.3 Å². The minimum absolute atomic E-state index is 0.0838. The number of ether oxygens (including phenoxy) is 3. The molecule has 122 valence electrons. The Bertz CT molecular complexity index is 858. The zero-order chi connectivity index (χ0) is 17.1. The summed E-state index contributed by atoms with van der Waals surface area (Å²) in [5, 5.41) is 0. The van der Waals surface area contributed by atoms with Crippen LogP contribution in [0.25, 0.3) is 6.08 Å². The zero-order valence-electron chi connectivity index (χ0n) is 13.1. The Morgan fingerprint density at radius 2 is 1.83 bits per heavy atom. The van der Waals surface area contributed by atoms with Crippen molar-refractivity contribution < 1.29 is 23.4 Å². The summed E-state index contributed by atoms with van der Waals surface area (Å²) in [6, 6.07) is 11.4. The maximum Gasteiger partial charge on any atom is 0.363 e. The number of cyclic esters (lactones) is 1. The molecular formula is C18H14FNO4. The molecule has 2 aromatic rings. The molecule has 1 heterocycles. The molecule has 5 nitrogen and oxygen atoms in total. The Morgan fingerprint density at radius 3 is 2.54 bits per heavy atom. The van der Waals surface area contributed by atoms with Crippen LogP contribution in [0.3, 0.4) is 0 Å². The van der Waals surface area contributed by atoms with Gasteiger partial charge in [-0.2, -0.15) is 0 Å². The first kappa shape index (κ1) is 15.7. The van der Waals surface area contributed by atoms with Gasteiger partial charge in [-0.15, -0.1) is 0 Å². The van der Waals surface area contributed by atoms with Crippen LogP contribution < -0.4 is 9.47 Å². The van der Waals surface area contributed by atoms with E-state index in [-0.39, 0.29) is 17.3 Å².